The minimum Gasteiger partial charge on any atom is -0.480 e. The average molecular weight is 1010 g/mol. The molecule has 392 valence electrons. The molecule has 1 saturated heterocycles. The van der Waals surface area contributed by atoms with Crippen LogP contribution in [0.15, 0.2) is 66.0 Å². The molecule has 23 nitrogen and oxygen atoms in total. The number of unbranched alkanes of at least 4 members (excludes halogenated alkanes) is 1. The van der Waals surface area contributed by atoms with Crippen LogP contribution in [0.5, 0.6) is 0 Å². The number of hydrogen-bond donors (Lipinski definition) is 10. The Morgan fingerprint density at radius 1 is 0.808 bits per heavy atom. The van der Waals surface area contributed by atoms with Crippen LogP contribution in [-0.2, 0) is 75.5 Å². The van der Waals surface area contributed by atoms with Crippen molar-refractivity contribution in [3.05, 3.63) is 89.0 Å². The van der Waals surface area contributed by atoms with Gasteiger partial charge >= 0.3 is 5.97 Å². The number of aliphatic carboxylic acids is 1. The van der Waals surface area contributed by atoms with Gasteiger partial charge in [-0.3, -0.25) is 43.3 Å². The number of aromatic amines is 1. The topological polar surface area (TPSA) is 346 Å². The number of fused-ring (bicyclic) bond motifs is 4. The van der Waals surface area contributed by atoms with Crippen molar-refractivity contribution in [1.29, 1.82) is 0 Å². The van der Waals surface area contributed by atoms with E-state index in [2.05, 4.69) is 46.9 Å². The summed E-state index contributed by atoms with van der Waals surface area (Å²) in [5.41, 5.74) is 14.6. The molecule has 0 radical (unpaired) electrons. The number of hydrogen-bond acceptors (Lipinski definition) is 11. The number of imidazole rings is 1. The van der Waals surface area contributed by atoms with Gasteiger partial charge in [0.15, 0.2) is 5.96 Å². The van der Waals surface area contributed by atoms with Crippen LogP contribution in [0.4, 0.5) is 0 Å². The Balaban J connectivity index is 1.41. The van der Waals surface area contributed by atoms with Crippen molar-refractivity contribution in [2.45, 2.75) is 146 Å². The van der Waals surface area contributed by atoms with Gasteiger partial charge in [-0.1, -0.05) is 68.3 Å². The van der Waals surface area contributed by atoms with E-state index in [1.54, 1.807) is 24.3 Å². The average Bonchev–Trinajstić information content (AvgIpc) is 3.89. The number of amides is 8. The van der Waals surface area contributed by atoms with E-state index < -0.39 is 102 Å². The number of rotatable bonds is 13. The fraction of sp³-hybridized carbons (Fsp3) is 0.500. The number of carbonyl (C=O) groups excluding carboxylic acids is 8. The van der Waals surface area contributed by atoms with E-state index in [4.69, 9.17) is 11.5 Å². The van der Waals surface area contributed by atoms with Crippen molar-refractivity contribution in [2.75, 3.05) is 13.1 Å². The lowest BCUT2D eigenvalue weighted by Gasteiger charge is -2.40. The number of benzene rings is 2. The quantitative estimate of drug-likeness (QED) is 0.0578. The molecule has 0 aliphatic carbocycles. The van der Waals surface area contributed by atoms with E-state index in [9.17, 15) is 33.9 Å². The van der Waals surface area contributed by atoms with E-state index in [0.29, 0.717) is 24.1 Å². The van der Waals surface area contributed by atoms with Crippen LogP contribution in [0.2, 0.25) is 0 Å². The number of carboxylic acids is 1. The van der Waals surface area contributed by atoms with E-state index in [1.807, 2.05) is 31.2 Å². The summed E-state index contributed by atoms with van der Waals surface area (Å²) in [6, 6.07) is 5.25. The first kappa shape index (κ1) is 54.5. The number of carbonyl (C=O) groups is 9. The van der Waals surface area contributed by atoms with Gasteiger partial charge in [-0.15, -0.1) is 0 Å². The van der Waals surface area contributed by atoms with E-state index in [1.165, 1.54) is 29.2 Å². The molecule has 2 aromatic carbocycles. The predicted molar refractivity (Wildman–Crippen MR) is 265 cm³/mol. The Morgan fingerprint density at radius 2 is 1.41 bits per heavy atom. The van der Waals surface area contributed by atoms with Crippen LogP contribution < -0.4 is 43.4 Å². The summed E-state index contributed by atoms with van der Waals surface area (Å²) in [7, 11) is 0. The Labute approximate surface area is 422 Å². The number of guanidine groups is 1. The molecule has 0 saturated carbocycles. The van der Waals surface area contributed by atoms with Crippen molar-refractivity contribution in [3.63, 3.8) is 0 Å². The Bertz CT molecular complexity index is 2510. The SMILES string of the molecule is CCCC[C@H](NC(C)=O)C(=O)N[C@H]1CC(=O)NCCCC[C@@H](C(=O)O)NC(=O)[C@@H]2Cc3ccccc3CN2C(=O)[C@H](CCCN=C(N)N)NC(=O)[C@H]2Cc3ccccc3CN2C(=O)[C@H](Cc2cnc[nH]2)NC1=O. The molecule has 23 heteroatoms. The summed E-state index contributed by atoms with van der Waals surface area (Å²) < 4.78 is 0. The minimum absolute atomic E-state index is 0.00672. The van der Waals surface area contributed by atoms with Crippen molar-refractivity contribution in [2.24, 2.45) is 16.5 Å². The maximum atomic E-state index is 15.2. The van der Waals surface area contributed by atoms with Gasteiger partial charge in [-0.25, -0.2) is 9.78 Å². The molecule has 0 bridgehead atoms. The molecular weight excluding hydrogens is 943 g/mol. The first-order chi connectivity index (χ1) is 35.0. The third-order valence-electron chi connectivity index (χ3n) is 13.2. The highest BCUT2D eigenvalue weighted by molar-refractivity contribution is 5.99. The van der Waals surface area contributed by atoms with Gasteiger partial charge in [-0.2, -0.15) is 0 Å². The minimum atomic E-state index is -1.58. The van der Waals surface area contributed by atoms with E-state index in [0.717, 1.165) is 16.7 Å². The van der Waals surface area contributed by atoms with Crippen molar-refractivity contribution in [3.8, 4) is 0 Å². The van der Waals surface area contributed by atoms with Crippen molar-refractivity contribution >= 4 is 59.2 Å². The molecule has 7 atom stereocenters. The van der Waals surface area contributed by atoms with Crippen LogP contribution in [0.1, 0.15) is 99.6 Å². The van der Waals surface area contributed by atoms with Gasteiger partial charge < -0.3 is 63.3 Å². The van der Waals surface area contributed by atoms with Gasteiger partial charge in [0.25, 0.3) is 0 Å². The van der Waals surface area contributed by atoms with Crippen LogP contribution >= 0.6 is 0 Å². The molecule has 1 fully saturated rings. The van der Waals surface area contributed by atoms with E-state index >= 15 is 14.4 Å². The van der Waals surface area contributed by atoms with E-state index in [-0.39, 0.29) is 89.9 Å². The predicted octanol–water partition coefficient (Wildman–Crippen LogP) is -0.678. The lowest BCUT2D eigenvalue weighted by Crippen LogP contribution is -2.63. The summed E-state index contributed by atoms with van der Waals surface area (Å²) in [4.78, 5) is 140. The fourth-order valence-electron chi connectivity index (χ4n) is 9.38. The van der Waals surface area contributed by atoms with Crippen LogP contribution in [0, 0.1) is 0 Å². The molecule has 0 spiro atoms. The summed E-state index contributed by atoms with van der Waals surface area (Å²) in [5, 5.41) is 26.5. The van der Waals surface area contributed by atoms with Gasteiger partial charge in [0.2, 0.25) is 47.3 Å². The Hall–Kier alpha value is -7.85. The second-order valence-corrected chi connectivity index (χ2v) is 18.7. The second-order valence-electron chi connectivity index (χ2n) is 18.7. The van der Waals surface area contributed by atoms with Crippen molar-refractivity contribution in [1.82, 2.24) is 51.7 Å². The fourth-order valence-corrected chi connectivity index (χ4v) is 9.38. The summed E-state index contributed by atoms with van der Waals surface area (Å²) in [6.45, 7) is 3.12. The monoisotopic (exact) mass is 1010 g/mol. The zero-order valence-corrected chi connectivity index (χ0v) is 41.2. The number of H-pyrrole nitrogens is 1. The third kappa shape index (κ3) is 15.1. The normalized spacial score (nSPS) is 22.8. The van der Waals surface area contributed by atoms with Gasteiger partial charge in [0, 0.05) is 64.3 Å². The molecule has 3 aliphatic rings. The zero-order valence-electron chi connectivity index (χ0n) is 41.2. The van der Waals surface area contributed by atoms with Crippen LogP contribution in [0.25, 0.3) is 0 Å². The summed E-state index contributed by atoms with van der Waals surface area (Å²) >= 11 is 0. The largest absolute Gasteiger partial charge is 0.480 e. The maximum Gasteiger partial charge on any atom is 0.326 e. The summed E-state index contributed by atoms with van der Waals surface area (Å²) in [6.07, 6.45) is 4.20. The Kier molecular flexibility index (Phi) is 19.4. The maximum absolute atomic E-state index is 15.2. The number of aromatic nitrogens is 2. The molecule has 73 heavy (non-hydrogen) atoms. The van der Waals surface area contributed by atoms with Gasteiger partial charge in [0.05, 0.1) is 12.7 Å². The number of nitrogens with one attached hydrogen (secondary N) is 7. The van der Waals surface area contributed by atoms with Gasteiger partial charge in [-0.05, 0) is 60.8 Å². The molecular formula is C50H67N13O10. The lowest BCUT2D eigenvalue weighted by atomic mass is 9.91. The molecule has 3 aromatic rings. The highest BCUT2D eigenvalue weighted by Gasteiger charge is 2.43. The molecule has 1 aromatic heterocycles. The molecule has 0 unspecified atom stereocenters. The van der Waals surface area contributed by atoms with Crippen LogP contribution in [-0.4, -0.2) is 139 Å². The van der Waals surface area contributed by atoms with Gasteiger partial charge in [0.1, 0.15) is 42.3 Å². The second kappa shape index (κ2) is 26.0. The molecule has 8 amide bonds. The number of nitrogens with zero attached hydrogens (tertiary/aromatic N) is 4. The smallest absolute Gasteiger partial charge is 0.326 e. The lowest BCUT2D eigenvalue weighted by molar-refractivity contribution is -0.149. The third-order valence-corrected chi connectivity index (χ3v) is 13.2. The number of nitrogens with two attached hydrogens (primary N) is 2. The summed E-state index contributed by atoms with van der Waals surface area (Å²) in [5.74, 6) is -7.12. The standard InChI is InChI=1S/C50H67N13O10/c1-3-4-16-35(57-29(2)64)43(66)60-38-24-42(65)54-19-10-9-17-37(49(72)73)59-46(69)41-22-31-13-5-7-14-32(31)26-62(41)47(70)36(18-11-20-55-50(51)52)58-45(68)40-21-30-12-6-8-15-33(30)27-63(40)48(71)39(61-44(38)67)23-34-25-53-28-56-34/h5-8,12-15,25,28,35-41H,3-4,9-11,16-24,26-27H2,1-2H3,(H,53,56)(H,54,65)(H,57,64)(H,58,68)(H,59,69)(H,60,66)(H,61,67)(H,72,73)(H4,51,52,55)/t35-,36-,37-,38-,39-,40+,41-/m0/s1. The molecule has 12 N–H and O–H groups in total. The van der Waals surface area contributed by atoms with Crippen molar-refractivity contribution < 1.29 is 48.3 Å². The zero-order chi connectivity index (χ0) is 52.6. The molecule has 6 rings (SSSR count). The number of aliphatic imine (C=N–C) groups is 1. The highest BCUT2D eigenvalue weighted by atomic mass is 16.4. The first-order valence-corrected chi connectivity index (χ1v) is 24.8. The first-order valence-electron chi connectivity index (χ1n) is 24.8. The van der Waals surface area contributed by atoms with Crippen LogP contribution in [0.3, 0.4) is 0 Å². The molecule has 4 heterocycles. The highest BCUT2D eigenvalue weighted by Crippen LogP contribution is 2.28. The number of carboxylic acid groups (broad SMARTS) is 1. The Morgan fingerprint density at radius 3 is 1.99 bits per heavy atom. The molecule has 3 aliphatic heterocycles.